The van der Waals surface area contributed by atoms with E-state index in [0.717, 1.165) is 12.6 Å². The summed E-state index contributed by atoms with van der Waals surface area (Å²) < 4.78 is 65.7. The SMILES string of the molecule is CC(CC(=O)NCc1cnn2cc(CC3CCC(F)(F)CC3)nc2c1)C(F)(F)F. The highest BCUT2D eigenvalue weighted by Gasteiger charge is 2.37. The molecule has 0 saturated heterocycles. The Balaban J connectivity index is 1.56. The molecule has 1 saturated carbocycles. The number of carbonyl (C=O) groups is 1. The van der Waals surface area contributed by atoms with Crippen molar-refractivity contribution in [3.05, 3.63) is 29.7 Å². The molecule has 3 rings (SSSR count). The van der Waals surface area contributed by atoms with Crippen molar-refractivity contribution in [2.45, 2.75) is 64.1 Å². The maximum absolute atomic E-state index is 13.3. The summed E-state index contributed by atoms with van der Waals surface area (Å²) in [6, 6.07) is 1.69. The summed E-state index contributed by atoms with van der Waals surface area (Å²) in [5.74, 6) is -4.80. The van der Waals surface area contributed by atoms with E-state index in [-0.39, 0.29) is 25.3 Å². The lowest BCUT2D eigenvalue weighted by molar-refractivity contribution is -0.174. The Morgan fingerprint density at radius 2 is 2.03 bits per heavy atom. The molecule has 2 heterocycles. The first-order valence-electron chi connectivity index (χ1n) is 9.56. The van der Waals surface area contributed by atoms with Gasteiger partial charge >= 0.3 is 6.18 Å². The van der Waals surface area contributed by atoms with Gasteiger partial charge in [0.2, 0.25) is 11.8 Å². The first-order chi connectivity index (χ1) is 13.5. The number of imidazole rings is 1. The van der Waals surface area contributed by atoms with E-state index in [2.05, 4.69) is 15.4 Å². The summed E-state index contributed by atoms with van der Waals surface area (Å²) in [6.07, 6.45) is -0.459. The molecule has 0 aliphatic heterocycles. The van der Waals surface area contributed by atoms with Gasteiger partial charge in [-0.3, -0.25) is 4.79 Å². The molecule has 0 spiro atoms. The fourth-order valence-corrected chi connectivity index (χ4v) is 3.43. The van der Waals surface area contributed by atoms with Gasteiger partial charge in [-0.15, -0.1) is 0 Å². The van der Waals surface area contributed by atoms with E-state index in [0.29, 0.717) is 30.5 Å². The smallest absolute Gasteiger partial charge is 0.352 e. The van der Waals surface area contributed by atoms with Crippen LogP contribution in [-0.4, -0.2) is 32.6 Å². The summed E-state index contributed by atoms with van der Waals surface area (Å²) in [7, 11) is 0. The van der Waals surface area contributed by atoms with Crippen molar-refractivity contribution in [3.63, 3.8) is 0 Å². The number of nitrogens with zero attached hydrogens (tertiary/aromatic N) is 3. The third-order valence-corrected chi connectivity index (χ3v) is 5.30. The maximum atomic E-state index is 13.3. The van der Waals surface area contributed by atoms with Gasteiger partial charge < -0.3 is 5.32 Å². The quantitative estimate of drug-likeness (QED) is 0.712. The van der Waals surface area contributed by atoms with Crippen LogP contribution in [0.4, 0.5) is 22.0 Å². The first kappa shape index (κ1) is 21.4. The Bertz CT molecular complexity index is 854. The molecular weight excluding hydrogens is 395 g/mol. The minimum atomic E-state index is -4.40. The number of hydrogen-bond acceptors (Lipinski definition) is 3. The summed E-state index contributed by atoms with van der Waals surface area (Å²) in [5, 5.41) is 6.66. The zero-order valence-electron chi connectivity index (χ0n) is 16.0. The van der Waals surface area contributed by atoms with Gasteiger partial charge in [-0.25, -0.2) is 18.3 Å². The molecule has 2 aromatic rings. The maximum Gasteiger partial charge on any atom is 0.392 e. The zero-order chi connectivity index (χ0) is 21.2. The molecule has 10 heteroatoms. The molecule has 2 aromatic heterocycles. The topological polar surface area (TPSA) is 59.3 Å². The van der Waals surface area contributed by atoms with Gasteiger partial charge in [-0.2, -0.15) is 18.3 Å². The number of fused-ring (bicyclic) bond motifs is 1. The number of rotatable bonds is 6. The number of amides is 1. The minimum Gasteiger partial charge on any atom is -0.352 e. The van der Waals surface area contributed by atoms with Crippen molar-refractivity contribution in [1.29, 1.82) is 0 Å². The largest absolute Gasteiger partial charge is 0.392 e. The van der Waals surface area contributed by atoms with Gasteiger partial charge in [0, 0.05) is 25.8 Å². The Kier molecular flexibility index (Phi) is 6.09. The highest BCUT2D eigenvalue weighted by atomic mass is 19.4. The summed E-state index contributed by atoms with van der Waals surface area (Å²) in [5.41, 5.74) is 1.91. The molecule has 1 unspecified atom stereocenters. The lowest BCUT2D eigenvalue weighted by Crippen LogP contribution is -2.29. The van der Waals surface area contributed by atoms with E-state index < -0.39 is 30.3 Å². The molecule has 0 bridgehead atoms. The van der Waals surface area contributed by atoms with E-state index in [4.69, 9.17) is 0 Å². The molecule has 1 N–H and O–H groups in total. The molecule has 1 atom stereocenters. The standard InChI is InChI=1S/C19H23F5N4O/c1-12(19(22,23)24)6-17(29)25-9-14-8-16-27-15(11-28(16)26-10-14)7-13-2-4-18(20,21)5-3-13/h8,10-13H,2-7,9H2,1H3,(H,25,29). The Morgan fingerprint density at radius 3 is 2.69 bits per heavy atom. The van der Waals surface area contributed by atoms with Crippen LogP contribution in [0.5, 0.6) is 0 Å². The van der Waals surface area contributed by atoms with Gasteiger partial charge in [-0.1, -0.05) is 6.92 Å². The lowest BCUT2D eigenvalue weighted by atomic mass is 9.84. The van der Waals surface area contributed by atoms with Crippen LogP contribution in [0.3, 0.4) is 0 Å². The number of halogens is 5. The second kappa shape index (κ2) is 8.23. The van der Waals surface area contributed by atoms with E-state index in [1.165, 1.54) is 6.20 Å². The number of aromatic nitrogens is 3. The summed E-state index contributed by atoms with van der Waals surface area (Å²) >= 11 is 0. The van der Waals surface area contributed by atoms with E-state index in [1.807, 2.05) is 0 Å². The number of hydrogen-bond donors (Lipinski definition) is 1. The molecule has 160 valence electrons. The van der Waals surface area contributed by atoms with Crippen molar-refractivity contribution in [2.24, 2.45) is 11.8 Å². The Morgan fingerprint density at radius 1 is 1.34 bits per heavy atom. The third kappa shape index (κ3) is 5.86. The zero-order valence-corrected chi connectivity index (χ0v) is 16.0. The molecule has 0 aromatic carbocycles. The van der Waals surface area contributed by atoms with Crippen molar-refractivity contribution < 1.29 is 26.7 Å². The molecule has 5 nitrogen and oxygen atoms in total. The Labute approximate surface area is 164 Å². The minimum absolute atomic E-state index is 0.0484. The van der Waals surface area contributed by atoms with Crippen LogP contribution in [0.2, 0.25) is 0 Å². The predicted octanol–water partition coefficient (Wildman–Crippen LogP) is 4.30. The highest BCUT2D eigenvalue weighted by molar-refractivity contribution is 5.76. The fourth-order valence-electron chi connectivity index (χ4n) is 3.43. The van der Waals surface area contributed by atoms with Crippen molar-refractivity contribution in [2.75, 3.05) is 0 Å². The monoisotopic (exact) mass is 418 g/mol. The second-order valence-corrected chi connectivity index (χ2v) is 7.83. The molecule has 1 fully saturated rings. The summed E-state index contributed by atoms with van der Waals surface area (Å²) in [6.45, 7) is 1.01. The van der Waals surface area contributed by atoms with Gasteiger partial charge in [-0.05, 0) is 36.8 Å². The van der Waals surface area contributed by atoms with Crippen molar-refractivity contribution >= 4 is 11.6 Å². The second-order valence-electron chi connectivity index (χ2n) is 7.83. The molecule has 1 aliphatic carbocycles. The van der Waals surface area contributed by atoms with Crippen LogP contribution < -0.4 is 5.32 Å². The van der Waals surface area contributed by atoms with E-state index in [9.17, 15) is 26.7 Å². The van der Waals surface area contributed by atoms with Crippen LogP contribution in [-0.2, 0) is 17.8 Å². The highest BCUT2D eigenvalue weighted by Crippen LogP contribution is 2.37. The predicted molar refractivity (Wildman–Crippen MR) is 95.3 cm³/mol. The van der Waals surface area contributed by atoms with E-state index in [1.54, 1.807) is 16.8 Å². The molecule has 0 radical (unpaired) electrons. The fraction of sp³-hybridized carbons (Fsp3) is 0.632. The molecule has 1 amide bonds. The van der Waals surface area contributed by atoms with Crippen LogP contribution >= 0.6 is 0 Å². The van der Waals surface area contributed by atoms with Crippen molar-refractivity contribution in [1.82, 2.24) is 19.9 Å². The molecule has 29 heavy (non-hydrogen) atoms. The van der Waals surface area contributed by atoms with Crippen LogP contribution in [0.1, 0.15) is 50.3 Å². The van der Waals surface area contributed by atoms with Crippen LogP contribution in [0, 0.1) is 11.8 Å². The van der Waals surface area contributed by atoms with E-state index >= 15 is 0 Å². The normalized spacial score (nSPS) is 18.7. The summed E-state index contributed by atoms with van der Waals surface area (Å²) in [4.78, 5) is 16.2. The number of nitrogens with one attached hydrogen (secondary N) is 1. The number of carbonyl (C=O) groups excluding carboxylic acids is 1. The third-order valence-electron chi connectivity index (χ3n) is 5.30. The van der Waals surface area contributed by atoms with Crippen LogP contribution in [0.15, 0.2) is 18.5 Å². The number of alkyl halides is 5. The lowest BCUT2D eigenvalue weighted by Gasteiger charge is -2.27. The van der Waals surface area contributed by atoms with Gasteiger partial charge in [0.1, 0.15) is 0 Å². The van der Waals surface area contributed by atoms with Gasteiger partial charge in [0.25, 0.3) is 0 Å². The Hall–Kier alpha value is -2.26. The average Bonchev–Trinajstić information content (AvgIpc) is 3.02. The average molecular weight is 418 g/mol. The first-order valence-corrected chi connectivity index (χ1v) is 9.56. The molecule has 1 aliphatic rings. The van der Waals surface area contributed by atoms with Crippen molar-refractivity contribution in [3.8, 4) is 0 Å². The van der Waals surface area contributed by atoms with Crippen LogP contribution in [0.25, 0.3) is 5.65 Å². The molecular formula is C19H23F5N4O. The van der Waals surface area contributed by atoms with Gasteiger partial charge in [0.15, 0.2) is 5.65 Å². The van der Waals surface area contributed by atoms with Gasteiger partial charge in [0.05, 0.1) is 24.0 Å².